The second-order valence-electron chi connectivity index (χ2n) is 4.65. The molecule has 0 aliphatic heterocycles. The highest BCUT2D eigenvalue weighted by molar-refractivity contribution is 5.92. The number of hydrogen-bond donors (Lipinski definition) is 0. The summed E-state index contributed by atoms with van der Waals surface area (Å²) in [6.07, 6.45) is 0. The van der Waals surface area contributed by atoms with Crippen LogP contribution in [0.3, 0.4) is 0 Å². The lowest BCUT2D eigenvalue weighted by Crippen LogP contribution is -2.17. The van der Waals surface area contributed by atoms with Gasteiger partial charge < -0.3 is 9.47 Å². The van der Waals surface area contributed by atoms with Crippen LogP contribution in [-0.4, -0.2) is 20.2 Å². The molecule has 3 nitrogen and oxygen atoms in total. The molecule has 1 aromatic rings. The maximum atomic E-state index is 11.7. The van der Waals surface area contributed by atoms with E-state index in [2.05, 4.69) is 20.8 Å². The van der Waals surface area contributed by atoms with E-state index in [0.29, 0.717) is 11.3 Å². The van der Waals surface area contributed by atoms with Gasteiger partial charge in [-0.15, -0.1) is 0 Å². The van der Waals surface area contributed by atoms with Crippen LogP contribution in [-0.2, 0) is 10.2 Å². The Morgan fingerprint density at radius 1 is 1.19 bits per heavy atom. The predicted molar refractivity (Wildman–Crippen MR) is 63.0 cm³/mol. The number of benzene rings is 1. The maximum Gasteiger partial charge on any atom is 0.338 e. The molecule has 1 aromatic carbocycles. The fourth-order valence-electron chi connectivity index (χ4n) is 1.58. The molecule has 0 saturated heterocycles. The van der Waals surface area contributed by atoms with E-state index in [0.717, 1.165) is 5.56 Å². The standard InChI is InChI=1S/C13H18O3/c1-13(2,3)11-7-6-9(15-4)8-10(11)12(14)16-5/h6-8H,1-5H3. The van der Waals surface area contributed by atoms with Crippen molar-refractivity contribution in [2.45, 2.75) is 26.2 Å². The summed E-state index contributed by atoms with van der Waals surface area (Å²) in [7, 11) is 2.96. The van der Waals surface area contributed by atoms with Crippen molar-refractivity contribution >= 4 is 5.97 Å². The smallest absolute Gasteiger partial charge is 0.338 e. The average molecular weight is 222 g/mol. The monoisotopic (exact) mass is 222 g/mol. The lowest BCUT2D eigenvalue weighted by Gasteiger charge is -2.22. The Hall–Kier alpha value is -1.51. The van der Waals surface area contributed by atoms with Gasteiger partial charge in [-0.25, -0.2) is 4.79 Å². The van der Waals surface area contributed by atoms with Crippen molar-refractivity contribution in [2.24, 2.45) is 0 Å². The summed E-state index contributed by atoms with van der Waals surface area (Å²) in [6.45, 7) is 6.17. The van der Waals surface area contributed by atoms with E-state index in [1.54, 1.807) is 13.2 Å². The molecule has 0 bridgehead atoms. The van der Waals surface area contributed by atoms with Crippen LogP contribution in [0.5, 0.6) is 5.75 Å². The summed E-state index contributed by atoms with van der Waals surface area (Å²) in [5, 5.41) is 0. The predicted octanol–water partition coefficient (Wildman–Crippen LogP) is 2.78. The Bertz CT molecular complexity index is 389. The van der Waals surface area contributed by atoms with Gasteiger partial charge in [0.25, 0.3) is 0 Å². The zero-order valence-electron chi connectivity index (χ0n) is 10.5. The number of ether oxygens (including phenoxy) is 2. The third-order valence-electron chi connectivity index (χ3n) is 2.44. The Kier molecular flexibility index (Phi) is 3.58. The highest BCUT2D eigenvalue weighted by Crippen LogP contribution is 2.29. The fourth-order valence-corrected chi connectivity index (χ4v) is 1.58. The number of carbonyl (C=O) groups is 1. The minimum absolute atomic E-state index is 0.101. The van der Waals surface area contributed by atoms with E-state index < -0.39 is 0 Å². The highest BCUT2D eigenvalue weighted by Gasteiger charge is 2.22. The van der Waals surface area contributed by atoms with Gasteiger partial charge >= 0.3 is 5.97 Å². The largest absolute Gasteiger partial charge is 0.497 e. The van der Waals surface area contributed by atoms with Crippen LogP contribution in [0, 0.1) is 0 Å². The first-order chi connectivity index (χ1) is 7.40. The van der Waals surface area contributed by atoms with Crippen LogP contribution >= 0.6 is 0 Å². The minimum Gasteiger partial charge on any atom is -0.497 e. The molecule has 0 aromatic heterocycles. The van der Waals surface area contributed by atoms with Crippen LogP contribution in [0.1, 0.15) is 36.7 Å². The molecule has 0 N–H and O–H groups in total. The minimum atomic E-state index is -0.330. The zero-order valence-corrected chi connectivity index (χ0v) is 10.5. The van der Waals surface area contributed by atoms with Gasteiger partial charge in [-0.3, -0.25) is 0 Å². The summed E-state index contributed by atoms with van der Waals surface area (Å²) < 4.78 is 9.89. The molecule has 0 atom stereocenters. The Labute approximate surface area is 96.4 Å². The molecule has 1 rings (SSSR count). The summed E-state index contributed by atoms with van der Waals surface area (Å²) in [4.78, 5) is 11.7. The van der Waals surface area contributed by atoms with Gasteiger partial charge in [0, 0.05) is 0 Å². The normalized spacial score (nSPS) is 11.1. The van der Waals surface area contributed by atoms with Crippen molar-refractivity contribution in [1.29, 1.82) is 0 Å². The van der Waals surface area contributed by atoms with Crippen molar-refractivity contribution in [3.05, 3.63) is 29.3 Å². The zero-order chi connectivity index (χ0) is 12.3. The van der Waals surface area contributed by atoms with Gasteiger partial charge in [0.2, 0.25) is 0 Å². The molecule has 0 heterocycles. The summed E-state index contributed by atoms with van der Waals surface area (Å²) >= 11 is 0. The second kappa shape index (κ2) is 4.56. The van der Waals surface area contributed by atoms with Crippen LogP contribution in [0.25, 0.3) is 0 Å². The molecule has 0 saturated carbocycles. The lowest BCUT2D eigenvalue weighted by molar-refractivity contribution is 0.0597. The van der Waals surface area contributed by atoms with Crippen LogP contribution in [0.15, 0.2) is 18.2 Å². The van der Waals surface area contributed by atoms with Gasteiger partial charge in [-0.1, -0.05) is 26.8 Å². The maximum absolute atomic E-state index is 11.7. The molecular weight excluding hydrogens is 204 g/mol. The molecule has 88 valence electrons. The van der Waals surface area contributed by atoms with Gasteiger partial charge in [-0.05, 0) is 23.1 Å². The molecule has 0 unspecified atom stereocenters. The van der Waals surface area contributed by atoms with Gasteiger partial charge in [0.1, 0.15) is 5.75 Å². The highest BCUT2D eigenvalue weighted by atomic mass is 16.5. The molecule has 0 radical (unpaired) electrons. The first-order valence-electron chi connectivity index (χ1n) is 5.17. The number of carbonyl (C=O) groups excluding carboxylic acids is 1. The molecule has 0 aliphatic rings. The van der Waals surface area contributed by atoms with Crippen LogP contribution < -0.4 is 4.74 Å². The van der Waals surface area contributed by atoms with Crippen LogP contribution in [0.4, 0.5) is 0 Å². The fraction of sp³-hybridized carbons (Fsp3) is 0.462. The Morgan fingerprint density at radius 2 is 1.81 bits per heavy atom. The number of methoxy groups -OCH3 is 2. The Morgan fingerprint density at radius 3 is 2.25 bits per heavy atom. The SMILES string of the molecule is COC(=O)c1cc(OC)ccc1C(C)(C)C. The lowest BCUT2D eigenvalue weighted by atomic mass is 9.83. The van der Waals surface area contributed by atoms with Crippen molar-refractivity contribution in [1.82, 2.24) is 0 Å². The first kappa shape index (κ1) is 12.6. The number of hydrogen-bond acceptors (Lipinski definition) is 3. The number of esters is 1. The molecule has 0 aliphatic carbocycles. The third-order valence-corrected chi connectivity index (χ3v) is 2.44. The molecule has 3 heteroatoms. The van der Waals surface area contributed by atoms with Gasteiger partial charge in [0.15, 0.2) is 0 Å². The Balaban J connectivity index is 3.33. The molecule has 0 fully saturated rings. The van der Waals surface area contributed by atoms with E-state index in [1.165, 1.54) is 7.11 Å². The van der Waals surface area contributed by atoms with E-state index in [1.807, 2.05) is 12.1 Å². The summed E-state index contributed by atoms with van der Waals surface area (Å²) in [5.41, 5.74) is 1.42. The molecule has 0 spiro atoms. The topological polar surface area (TPSA) is 35.5 Å². The second-order valence-corrected chi connectivity index (χ2v) is 4.65. The molecule has 0 amide bonds. The van der Waals surface area contributed by atoms with E-state index >= 15 is 0 Å². The summed E-state index contributed by atoms with van der Waals surface area (Å²) in [6, 6.07) is 5.48. The van der Waals surface area contributed by atoms with E-state index in [9.17, 15) is 4.79 Å². The van der Waals surface area contributed by atoms with Crippen molar-refractivity contribution < 1.29 is 14.3 Å². The van der Waals surface area contributed by atoms with Gasteiger partial charge in [0.05, 0.1) is 19.8 Å². The third kappa shape index (κ3) is 2.54. The van der Waals surface area contributed by atoms with E-state index in [4.69, 9.17) is 9.47 Å². The van der Waals surface area contributed by atoms with Crippen LogP contribution in [0.2, 0.25) is 0 Å². The summed E-state index contributed by atoms with van der Waals surface area (Å²) in [5.74, 6) is 0.331. The van der Waals surface area contributed by atoms with Crippen molar-refractivity contribution in [3.63, 3.8) is 0 Å². The van der Waals surface area contributed by atoms with Crippen molar-refractivity contribution in [3.8, 4) is 5.75 Å². The molecular formula is C13H18O3. The average Bonchev–Trinajstić information content (AvgIpc) is 2.25. The number of rotatable bonds is 2. The first-order valence-corrected chi connectivity index (χ1v) is 5.17. The van der Waals surface area contributed by atoms with Gasteiger partial charge in [-0.2, -0.15) is 0 Å². The quantitative estimate of drug-likeness (QED) is 0.722. The molecule has 16 heavy (non-hydrogen) atoms. The van der Waals surface area contributed by atoms with E-state index in [-0.39, 0.29) is 11.4 Å². The van der Waals surface area contributed by atoms with Crippen molar-refractivity contribution in [2.75, 3.05) is 14.2 Å².